The van der Waals surface area contributed by atoms with Crippen LogP contribution in [0.3, 0.4) is 0 Å². The molecule has 0 atom stereocenters. The van der Waals surface area contributed by atoms with Gasteiger partial charge in [-0.3, -0.25) is 4.79 Å². The summed E-state index contributed by atoms with van der Waals surface area (Å²) in [6.45, 7) is 5.30. The first-order valence-corrected chi connectivity index (χ1v) is 18.4. The molecule has 1 aromatic carbocycles. The first kappa shape index (κ1) is 38.3. The highest BCUT2D eigenvalue weighted by Gasteiger charge is 2.09. The largest absolute Gasteiger partial charge is 0.494 e. The minimum Gasteiger partial charge on any atom is -0.494 e. The first-order chi connectivity index (χ1) is 20.7. The van der Waals surface area contributed by atoms with Gasteiger partial charge < -0.3 is 10.5 Å². The molecule has 0 saturated heterocycles. The zero-order valence-electron chi connectivity index (χ0n) is 28.1. The van der Waals surface area contributed by atoms with Crippen molar-refractivity contribution in [2.75, 3.05) is 6.61 Å². The monoisotopic (exact) mass is 584 g/mol. The molecule has 42 heavy (non-hydrogen) atoms. The number of carbonyl (C=O) groups excluding carboxylic acids is 1. The van der Waals surface area contributed by atoms with E-state index in [0.29, 0.717) is 11.3 Å². The van der Waals surface area contributed by atoms with Crippen molar-refractivity contribution in [3.8, 4) is 5.75 Å². The molecule has 3 heteroatoms. The number of ketones is 1. The van der Waals surface area contributed by atoms with Crippen LogP contribution in [0.2, 0.25) is 0 Å². The third-order valence-corrected chi connectivity index (χ3v) is 8.57. The summed E-state index contributed by atoms with van der Waals surface area (Å²) in [4.78, 5) is 12.7. The number of hydrogen-bond acceptors (Lipinski definition) is 3. The van der Waals surface area contributed by atoms with Gasteiger partial charge in [0.05, 0.1) is 12.3 Å². The Bertz CT molecular complexity index is 754. The number of Topliss-reactive ketones (excluding diaryl/α,β-unsaturated/α-hetero) is 1. The molecule has 0 spiro atoms. The fourth-order valence-corrected chi connectivity index (χ4v) is 5.69. The topological polar surface area (TPSA) is 52.3 Å². The van der Waals surface area contributed by atoms with Crippen molar-refractivity contribution in [2.24, 2.45) is 5.73 Å². The molecule has 0 bridgehead atoms. The van der Waals surface area contributed by atoms with Gasteiger partial charge in [-0.1, -0.05) is 174 Å². The zero-order valence-corrected chi connectivity index (χ0v) is 28.1. The number of hydrogen-bond donors (Lipinski definition) is 1. The number of allylic oxidation sites excluding steroid dienone is 2. The lowest BCUT2D eigenvalue weighted by molar-refractivity contribution is 0.103. The zero-order chi connectivity index (χ0) is 30.4. The Morgan fingerprint density at radius 1 is 0.548 bits per heavy atom. The van der Waals surface area contributed by atoms with E-state index in [4.69, 9.17) is 10.5 Å². The normalized spacial score (nSPS) is 11.7. The predicted molar refractivity (Wildman–Crippen MR) is 185 cm³/mol. The Morgan fingerprint density at radius 2 is 0.905 bits per heavy atom. The number of rotatable bonds is 31. The Kier molecular flexibility index (Phi) is 26.7. The van der Waals surface area contributed by atoms with Gasteiger partial charge in [0.15, 0.2) is 0 Å². The van der Waals surface area contributed by atoms with Crippen LogP contribution in [0, 0.1) is 0 Å². The first-order valence-electron chi connectivity index (χ1n) is 18.4. The van der Waals surface area contributed by atoms with E-state index in [1.165, 1.54) is 154 Å². The molecule has 0 fully saturated rings. The van der Waals surface area contributed by atoms with Crippen LogP contribution in [-0.2, 0) is 0 Å². The van der Waals surface area contributed by atoms with E-state index in [-0.39, 0.29) is 5.78 Å². The Labute approximate surface area is 261 Å². The van der Waals surface area contributed by atoms with Crippen LogP contribution in [0.15, 0.2) is 36.0 Å². The van der Waals surface area contributed by atoms with Gasteiger partial charge in [-0.25, -0.2) is 0 Å². The van der Waals surface area contributed by atoms with E-state index < -0.39 is 0 Å². The highest BCUT2D eigenvalue weighted by Crippen LogP contribution is 2.17. The highest BCUT2D eigenvalue weighted by molar-refractivity contribution is 6.08. The molecule has 0 heterocycles. The van der Waals surface area contributed by atoms with E-state index in [2.05, 4.69) is 13.8 Å². The number of carbonyl (C=O) groups is 1. The van der Waals surface area contributed by atoms with Crippen LogP contribution in [0.1, 0.15) is 198 Å². The van der Waals surface area contributed by atoms with Crippen LogP contribution in [-0.4, -0.2) is 12.4 Å². The van der Waals surface area contributed by atoms with E-state index in [1.54, 1.807) is 0 Å². The van der Waals surface area contributed by atoms with Crippen LogP contribution >= 0.6 is 0 Å². The van der Waals surface area contributed by atoms with Crippen LogP contribution in [0.4, 0.5) is 0 Å². The quantitative estimate of drug-likeness (QED) is 0.0537. The highest BCUT2D eigenvalue weighted by atomic mass is 16.5. The maximum Gasteiger partial charge on any atom is 0.208 e. The molecule has 0 radical (unpaired) electrons. The summed E-state index contributed by atoms with van der Waals surface area (Å²) < 4.78 is 5.88. The van der Waals surface area contributed by atoms with Gasteiger partial charge in [-0.15, -0.1) is 0 Å². The summed E-state index contributed by atoms with van der Waals surface area (Å²) in [5, 5.41) is 0. The van der Waals surface area contributed by atoms with Crippen LogP contribution in [0.25, 0.3) is 0 Å². The van der Waals surface area contributed by atoms with Crippen molar-refractivity contribution in [1.29, 1.82) is 0 Å². The average molecular weight is 584 g/mol. The lowest BCUT2D eigenvalue weighted by Crippen LogP contribution is -2.11. The summed E-state index contributed by atoms with van der Waals surface area (Å²) >= 11 is 0. The van der Waals surface area contributed by atoms with Gasteiger partial charge in [0.1, 0.15) is 5.75 Å². The SMILES string of the molecule is CCCCCCCCCCCCCCCCCCC=C(N)C(=O)c1ccc(OCCCCCCCCCCCC)cc1. The van der Waals surface area contributed by atoms with Gasteiger partial charge in [-0.05, 0) is 43.5 Å². The molecule has 0 saturated carbocycles. The minimum atomic E-state index is -0.0762. The molecule has 0 aliphatic rings. The molecule has 0 unspecified atom stereocenters. The molecule has 2 N–H and O–H groups in total. The molecule has 3 nitrogen and oxygen atoms in total. The lowest BCUT2D eigenvalue weighted by Gasteiger charge is -2.07. The predicted octanol–water partition coefficient (Wildman–Crippen LogP) is 12.7. The second-order valence-corrected chi connectivity index (χ2v) is 12.6. The van der Waals surface area contributed by atoms with Crippen molar-refractivity contribution >= 4 is 5.78 Å². The molecule has 0 aromatic heterocycles. The van der Waals surface area contributed by atoms with Crippen molar-refractivity contribution in [3.63, 3.8) is 0 Å². The number of nitrogens with two attached hydrogens (primary N) is 1. The average Bonchev–Trinajstić information content (AvgIpc) is 3.01. The molecular weight excluding hydrogens is 514 g/mol. The molecule has 0 aliphatic heterocycles. The maximum atomic E-state index is 12.7. The molecule has 0 aliphatic carbocycles. The van der Waals surface area contributed by atoms with Crippen molar-refractivity contribution in [2.45, 2.75) is 187 Å². The van der Waals surface area contributed by atoms with Crippen LogP contribution in [0.5, 0.6) is 5.75 Å². The number of unbranched alkanes of at least 4 members (excludes halogenated alkanes) is 25. The standard InChI is InChI=1S/C39H69NO2/c1-3-5-7-9-11-13-15-16-17-18-19-20-21-22-24-26-28-30-38(40)39(41)36-31-33-37(34-32-36)42-35-29-27-25-23-14-12-10-8-6-4-2/h30-34H,3-29,35,40H2,1-2H3. The molecule has 1 rings (SSSR count). The lowest BCUT2D eigenvalue weighted by atomic mass is 10.0. The van der Waals surface area contributed by atoms with Gasteiger partial charge in [-0.2, -0.15) is 0 Å². The number of ether oxygens (including phenoxy) is 1. The summed E-state index contributed by atoms with van der Waals surface area (Å²) in [5.74, 6) is 0.755. The summed E-state index contributed by atoms with van der Waals surface area (Å²) in [6.07, 6.45) is 38.0. The van der Waals surface area contributed by atoms with Gasteiger partial charge in [0, 0.05) is 5.56 Å². The Balaban J connectivity index is 1.99. The second-order valence-electron chi connectivity index (χ2n) is 12.6. The van der Waals surface area contributed by atoms with Crippen molar-refractivity contribution < 1.29 is 9.53 Å². The van der Waals surface area contributed by atoms with Crippen molar-refractivity contribution in [3.05, 3.63) is 41.6 Å². The summed E-state index contributed by atoms with van der Waals surface area (Å²) in [5.41, 5.74) is 7.12. The van der Waals surface area contributed by atoms with E-state index in [1.807, 2.05) is 30.3 Å². The van der Waals surface area contributed by atoms with E-state index in [0.717, 1.165) is 31.6 Å². The fourth-order valence-electron chi connectivity index (χ4n) is 5.69. The van der Waals surface area contributed by atoms with E-state index >= 15 is 0 Å². The van der Waals surface area contributed by atoms with E-state index in [9.17, 15) is 4.79 Å². The maximum absolute atomic E-state index is 12.7. The Hall–Kier alpha value is -1.77. The summed E-state index contributed by atoms with van der Waals surface area (Å²) in [7, 11) is 0. The third-order valence-electron chi connectivity index (χ3n) is 8.57. The molecule has 242 valence electrons. The van der Waals surface area contributed by atoms with Gasteiger partial charge >= 0.3 is 0 Å². The van der Waals surface area contributed by atoms with Gasteiger partial charge in [0.2, 0.25) is 5.78 Å². The molecule has 1 aromatic rings. The smallest absolute Gasteiger partial charge is 0.208 e. The molecular formula is C39H69NO2. The summed E-state index contributed by atoms with van der Waals surface area (Å²) in [6, 6.07) is 7.47. The van der Waals surface area contributed by atoms with Gasteiger partial charge in [0.25, 0.3) is 0 Å². The minimum absolute atomic E-state index is 0.0762. The third kappa shape index (κ3) is 22.8. The van der Waals surface area contributed by atoms with Crippen molar-refractivity contribution in [1.82, 2.24) is 0 Å². The molecule has 0 amide bonds. The number of benzene rings is 1. The fraction of sp³-hybridized carbons (Fsp3) is 0.769. The second kappa shape index (κ2) is 29.3. The van der Waals surface area contributed by atoms with Crippen LogP contribution < -0.4 is 10.5 Å². The Morgan fingerprint density at radius 3 is 1.31 bits per heavy atom.